The molecule has 0 saturated heterocycles. The van der Waals surface area contributed by atoms with Crippen LogP contribution in [0.2, 0.25) is 0 Å². The summed E-state index contributed by atoms with van der Waals surface area (Å²) in [4.78, 5) is 8.28. The third-order valence-corrected chi connectivity index (χ3v) is 2.60. The zero-order valence-electron chi connectivity index (χ0n) is 8.94. The van der Waals surface area contributed by atoms with Crippen molar-refractivity contribution in [2.45, 2.75) is 12.8 Å². The number of benzene rings is 1. The van der Waals surface area contributed by atoms with Crippen molar-refractivity contribution >= 4 is 28.9 Å². The Labute approximate surface area is 100 Å². The summed E-state index contributed by atoms with van der Waals surface area (Å²) in [6.45, 7) is 1.90. The molecule has 1 heterocycles. The lowest BCUT2D eigenvalue weighted by molar-refractivity contribution is 0.934. The monoisotopic (exact) mass is 231 g/mol. The highest BCUT2D eigenvalue weighted by atomic mass is 32.1. The van der Waals surface area contributed by atoms with Crippen molar-refractivity contribution in [3.63, 3.8) is 0 Å². The quantitative estimate of drug-likeness (QED) is 0.638. The predicted octanol–water partition coefficient (Wildman–Crippen LogP) is 2.36. The maximum absolute atomic E-state index is 4.55. The topological polar surface area (TPSA) is 36.8 Å². The van der Waals surface area contributed by atoms with Crippen LogP contribution in [0.4, 0.5) is 5.69 Å². The summed E-state index contributed by atoms with van der Waals surface area (Å²) in [5, 5.41) is 5.63. The first-order valence-corrected chi connectivity index (χ1v) is 5.73. The molecule has 1 N–H and O–H groups in total. The maximum atomic E-state index is 4.55. The number of hydrogen-bond acceptors (Lipinski definition) is 4. The van der Waals surface area contributed by atoms with Gasteiger partial charge in [-0.25, -0.2) is 0 Å². The zero-order chi connectivity index (χ0) is 11.2. The van der Waals surface area contributed by atoms with Crippen molar-refractivity contribution in [1.82, 2.24) is 5.32 Å². The van der Waals surface area contributed by atoms with Gasteiger partial charge in [-0.2, -0.15) is 4.99 Å². The minimum absolute atomic E-state index is 0.857. The van der Waals surface area contributed by atoms with E-state index in [0.29, 0.717) is 0 Å². The number of hydrogen-bond donors (Lipinski definition) is 1. The third-order valence-electron chi connectivity index (χ3n) is 2.51. The molecule has 0 amide bonds. The van der Waals surface area contributed by atoms with E-state index in [2.05, 4.69) is 44.8 Å². The lowest BCUT2D eigenvalue weighted by atomic mass is 10.1. The van der Waals surface area contributed by atoms with Gasteiger partial charge >= 0.3 is 0 Å². The number of isothiocyanates is 1. The van der Waals surface area contributed by atoms with Gasteiger partial charge in [0.2, 0.25) is 0 Å². The van der Waals surface area contributed by atoms with E-state index >= 15 is 0 Å². The second kappa shape index (κ2) is 5.54. The molecule has 0 aliphatic carbocycles. The maximum Gasteiger partial charge on any atom is 0.0967 e. The van der Waals surface area contributed by atoms with E-state index in [4.69, 9.17) is 0 Å². The molecule has 0 fully saturated rings. The van der Waals surface area contributed by atoms with E-state index in [1.807, 2.05) is 12.1 Å². The van der Waals surface area contributed by atoms with Crippen LogP contribution in [0.1, 0.15) is 12.0 Å². The summed E-state index contributed by atoms with van der Waals surface area (Å²) < 4.78 is 0. The Morgan fingerprint density at radius 1 is 1.31 bits per heavy atom. The lowest BCUT2D eigenvalue weighted by Gasteiger charge is -2.02. The van der Waals surface area contributed by atoms with Gasteiger partial charge < -0.3 is 5.32 Å². The molecule has 0 radical (unpaired) electrons. The number of rotatable bonds is 4. The van der Waals surface area contributed by atoms with Crippen molar-refractivity contribution in [2.75, 3.05) is 13.1 Å². The molecule has 82 valence electrons. The molecule has 1 aliphatic heterocycles. The van der Waals surface area contributed by atoms with Gasteiger partial charge in [0.15, 0.2) is 0 Å². The normalized spacial score (nSPS) is 13.9. The fourth-order valence-corrected chi connectivity index (χ4v) is 1.77. The van der Waals surface area contributed by atoms with Crippen LogP contribution >= 0.6 is 12.2 Å². The number of aliphatic imine (C=N–C) groups is 2. The van der Waals surface area contributed by atoms with E-state index in [1.54, 1.807) is 0 Å². The molecule has 1 aromatic rings. The van der Waals surface area contributed by atoms with Gasteiger partial charge in [-0.1, -0.05) is 12.1 Å². The van der Waals surface area contributed by atoms with Crippen molar-refractivity contribution in [3.05, 3.63) is 29.8 Å². The highest BCUT2D eigenvalue weighted by molar-refractivity contribution is 7.78. The van der Waals surface area contributed by atoms with Gasteiger partial charge in [-0.05, 0) is 36.3 Å². The Bertz CT molecular complexity index is 430. The molecular formula is C12H13N3S. The average Bonchev–Trinajstić information content (AvgIpc) is 2.82. The number of thiocarbonyl (C=S) groups is 1. The summed E-state index contributed by atoms with van der Waals surface area (Å²) in [5.41, 5.74) is 2.15. The van der Waals surface area contributed by atoms with Crippen molar-refractivity contribution in [2.24, 2.45) is 9.98 Å². The Morgan fingerprint density at radius 3 is 2.75 bits per heavy atom. The molecular weight excluding hydrogens is 218 g/mol. The Balaban J connectivity index is 1.92. The number of nitrogens with zero attached hydrogens (tertiary/aromatic N) is 2. The second-order valence-electron chi connectivity index (χ2n) is 3.62. The van der Waals surface area contributed by atoms with E-state index in [9.17, 15) is 0 Å². The van der Waals surface area contributed by atoms with Crippen molar-refractivity contribution in [1.29, 1.82) is 0 Å². The fourth-order valence-electron chi connectivity index (χ4n) is 1.67. The van der Waals surface area contributed by atoms with Crippen LogP contribution < -0.4 is 5.32 Å². The predicted molar refractivity (Wildman–Crippen MR) is 69.8 cm³/mol. The molecule has 4 heteroatoms. The molecule has 2 rings (SSSR count). The first-order chi connectivity index (χ1) is 7.88. The Kier molecular flexibility index (Phi) is 3.81. The Morgan fingerprint density at radius 2 is 2.12 bits per heavy atom. The molecule has 0 spiro atoms. The standard InChI is InChI=1S/C12H13N3S/c16-9-15-11-4-1-10(2-5-11)3-6-12-13-7-8-14-12/h1-2,4-5H,3,6-8H2,(H,13,14). The summed E-state index contributed by atoms with van der Waals surface area (Å²) >= 11 is 4.55. The molecule has 3 nitrogen and oxygen atoms in total. The van der Waals surface area contributed by atoms with E-state index in [-0.39, 0.29) is 0 Å². The van der Waals surface area contributed by atoms with Gasteiger partial charge in [0.05, 0.1) is 23.2 Å². The van der Waals surface area contributed by atoms with E-state index in [0.717, 1.165) is 37.5 Å². The number of nitrogens with one attached hydrogen (secondary N) is 1. The molecule has 0 aromatic heterocycles. The largest absolute Gasteiger partial charge is 0.372 e. The van der Waals surface area contributed by atoms with Crippen LogP contribution in [0.3, 0.4) is 0 Å². The molecule has 0 unspecified atom stereocenters. The van der Waals surface area contributed by atoms with Crippen molar-refractivity contribution < 1.29 is 0 Å². The molecule has 0 saturated carbocycles. The number of amidine groups is 1. The SMILES string of the molecule is S=C=Nc1ccc(CCC2=NCCN2)cc1. The van der Waals surface area contributed by atoms with Gasteiger partial charge in [0.25, 0.3) is 0 Å². The first-order valence-electron chi connectivity index (χ1n) is 5.32. The minimum atomic E-state index is 0.857. The van der Waals surface area contributed by atoms with Gasteiger partial charge in [-0.15, -0.1) is 0 Å². The summed E-state index contributed by atoms with van der Waals surface area (Å²) in [6.07, 6.45) is 1.99. The van der Waals surface area contributed by atoms with Crippen LogP contribution in [-0.2, 0) is 6.42 Å². The molecule has 0 bridgehead atoms. The van der Waals surface area contributed by atoms with Gasteiger partial charge in [0, 0.05) is 13.0 Å². The highest BCUT2D eigenvalue weighted by Gasteiger charge is 2.04. The first kappa shape index (κ1) is 11.0. The van der Waals surface area contributed by atoms with E-state index < -0.39 is 0 Å². The highest BCUT2D eigenvalue weighted by Crippen LogP contribution is 2.13. The second-order valence-corrected chi connectivity index (χ2v) is 3.81. The zero-order valence-corrected chi connectivity index (χ0v) is 9.76. The van der Waals surface area contributed by atoms with Crippen LogP contribution in [0.25, 0.3) is 0 Å². The molecule has 1 aliphatic rings. The summed E-state index contributed by atoms with van der Waals surface area (Å²) in [5.74, 6) is 1.13. The van der Waals surface area contributed by atoms with Crippen LogP contribution in [0.5, 0.6) is 0 Å². The van der Waals surface area contributed by atoms with Gasteiger partial charge in [0.1, 0.15) is 0 Å². The summed E-state index contributed by atoms with van der Waals surface area (Å²) in [7, 11) is 0. The van der Waals surface area contributed by atoms with Crippen LogP contribution in [0, 0.1) is 0 Å². The smallest absolute Gasteiger partial charge is 0.0967 e. The minimum Gasteiger partial charge on any atom is -0.372 e. The van der Waals surface area contributed by atoms with Crippen LogP contribution in [-0.4, -0.2) is 24.1 Å². The molecule has 0 atom stereocenters. The Hall–Kier alpha value is -1.51. The van der Waals surface area contributed by atoms with E-state index in [1.165, 1.54) is 5.56 Å². The fraction of sp³-hybridized carbons (Fsp3) is 0.333. The number of aryl methyl sites for hydroxylation is 1. The third kappa shape index (κ3) is 2.99. The molecule has 16 heavy (non-hydrogen) atoms. The van der Waals surface area contributed by atoms with Gasteiger partial charge in [-0.3, -0.25) is 4.99 Å². The lowest BCUT2D eigenvalue weighted by Crippen LogP contribution is -2.18. The summed E-state index contributed by atoms with van der Waals surface area (Å²) in [6, 6.07) is 8.05. The van der Waals surface area contributed by atoms with Crippen LogP contribution in [0.15, 0.2) is 34.3 Å². The average molecular weight is 231 g/mol. The van der Waals surface area contributed by atoms with Crippen molar-refractivity contribution in [3.8, 4) is 0 Å². The molecule has 1 aromatic carbocycles.